The molecule has 1 heterocycles. The molecule has 0 aliphatic rings. The zero-order valence-corrected chi connectivity index (χ0v) is 24.0. The smallest absolute Gasteiger partial charge is 0.308 e. The predicted octanol–water partition coefficient (Wildman–Crippen LogP) is 7.31. The zero-order chi connectivity index (χ0) is 30.2. The SMILES string of the molecule is CCCC(=O)OCOc1cc(-c2oc3cc(C)cc(O)c3c(=O)c2OCc2ccccc2)ccc1OCc1ccccc1. The van der Waals surface area contributed by atoms with Crippen LogP contribution in [0.5, 0.6) is 23.0 Å². The molecular weight excluding hydrogens is 548 g/mol. The van der Waals surface area contributed by atoms with Crippen molar-refractivity contribution in [2.75, 3.05) is 6.79 Å². The van der Waals surface area contributed by atoms with Gasteiger partial charge in [0.05, 0.1) is 0 Å². The molecule has 5 aromatic rings. The lowest BCUT2D eigenvalue weighted by atomic mass is 10.1. The van der Waals surface area contributed by atoms with Gasteiger partial charge in [-0.1, -0.05) is 67.6 Å². The molecule has 1 aromatic heterocycles. The third kappa shape index (κ3) is 7.16. The first-order valence-corrected chi connectivity index (χ1v) is 14.0. The van der Waals surface area contributed by atoms with Crippen LogP contribution in [-0.4, -0.2) is 17.9 Å². The van der Waals surface area contributed by atoms with Crippen LogP contribution in [0.2, 0.25) is 0 Å². The molecule has 0 spiro atoms. The molecule has 4 aromatic carbocycles. The Labute approximate surface area is 249 Å². The Morgan fingerprint density at radius 3 is 2.16 bits per heavy atom. The lowest BCUT2D eigenvalue weighted by Crippen LogP contribution is -2.11. The molecule has 1 N–H and O–H groups in total. The number of phenolic OH excluding ortho intramolecular Hbond substituents is 1. The second-order valence-electron chi connectivity index (χ2n) is 9.99. The van der Waals surface area contributed by atoms with E-state index in [-0.39, 0.29) is 66.4 Å². The van der Waals surface area contributed by atoms with E-state index in [2.05, 4.69) is 0 Å². The molecule has 0 unspecified atom stereocenters. The number of hydrogen-bond acceptors (Lipinski definition) is 8. The molecule has 8 nitrogen and oxygen atoms in total. The van der Waals surface area contributed by atoms with Crippen LogP contribution in [0, 0.1) is 6.92 Å². The summed E-state index contributed by atoms with van der Waals surface area (Å²) in [6.07, 6.45) is 0.929. The molecule has 0 saturated heterocycles. The number of phenols is 1. The van der Waals surface area contributed by atoms with Crippen LogP contribution in [-0.2, 0) is 22.7 Å². The standard InChI is InChI=1S/C35H32O8/c1-3-10-31(37)42-22-41-29-19-26(15-16-28(29)39-20-24-11-6-4-7-12-24)34-35(40-21-25-13-8-5-9-14-25)33(38)32-27(36)17-23(2)18-30(32)43-34/h4-9,11-19,36H,3,10,20-22H2,1-2H3. The normalized spacial score (nSPS) is 10.8. The minimum absolute atomic E-state index is 0.0273. The Morgan fingerprint density at radius 1 is 0.814 bits per heavy atom. The lowest BCUT2D eigenvalue weighted by Gasteiger charge is -2.16. The maximum Gasteiger partial charge on any atom is 0.308 e. The van der Waals surface area contributed by atoms with Crippen LogP contribution in [0.1, 0.15) is 36.5 Å². The van der Waals surface area contributed by atoms with Crippen LogP contribution in [0.4, 0.5) is 0 Å². The number of carbonyl (C=O) groups is 1. The topological polar surface area (TPSA) is 104 Å². The van der Waals surface area contributed by atoms with Crippen LogP contribution in [0.3, 0.4) is 0 Å². The number of aryl methyl sites for hydroxylation is 1. The van der Waals surface area contributed by atoms with Gasteiger partial charge in [0, 0.05) is 12.0 Å². The lowest BCUT2D eigenvalue weighted by molar-refractivity contribution is -0.150. The minimum atomic E-state index is -0.509. The van der Waals surface area contributed by atoms with Crippen LogP contribution < -0.4 is 19.6 Å². The van der Waals surface area contributed by atoms with E-state index >= 15 is 0 Å². The largest absolute Gasteiger partial charge is 0.507 e. The van der Waals surface area contributed by atoms with E-state index < -0.39 is 5.43 Å². The van der Waals surface area contributed by atoms with Crippen molar-refractivity contribution in [3.05, 3.63) is 118 Å². The molecule has 0 bridgehead atoms. The van der Waals surface area contributed by atoms with E-state index in [1.807, 2.05) is 67.6 Å². The van der Waals surface area contributed by atoms with E-state index in [0.717, 1.165) is 16.7 Å². The molecule has 0 aliphatic heterocycles. The summed E-state index contributed by atoms with van der Waals surface area (Å²) < 4.78 is 29.4. The number of rotatable bonds is 12. The summed E-state index contributed by atoms with van der Waals surface area (Å²) in [6, 6.07) is 27.3. The van der Waals surface area contributed by atoms with Crippen molar-refractivity contribution in [2.45, 2.75) is 39.9 Å². The quantitative estimate of drug-likeness (QED) is 0.121. The first kappa shape index (κ1) is 29.3. The van der Waals surface area contributed by atoms with Crippen molar-refractivity contribution in [2.24, 2.45) is 0 Å². The number of carbonyl (C=O) groups excluding carboxylic acids is 1. The molecule has 0 aliphatic carbocycles. The first-order valence-electron chi connectivity index (χ1n) is 14.0. The molecule has 220 valence electrons. The molecule has 5 rings (SSSR count). The highest BCUT2D eigenvalue weighted by Crippen LogP contribution is 2.39. The summed E-state index contributed by atoms with van der Waals surface area (Å²) in [4.78, 5) is 25.7. The molecular formula is C35H32O8. The van der Waals surface area contributed by atoms with Crippen molar-refractivity contribution in [3.63, 3.8) is 0 Å². The van der Waals surface area contributed by atoms with Gasteiger partial charge in [-0.25, -0.2) is 0 Å². The van der Waals surface area contributed by atoms with Gasteiger partial charge in [-0.3, -0.25) is 9.59 Å². The number of ether oxygens (including phenoxy) is 4. The fraction of sp³-hybridized carbons (Fsp3) is 0.200. The molecule has 8 heteroatoms. The van der Waals surface area contributed by atoms with Gasteiger partial charge in [-0.2, -0.15) is 0 Å². The summed E-state index contributed by atoms with van der Waals surface area (Å²) in [5, 5.41) is 10.7. The zero-order valence-electron chi connectivity index (χ0n) is 24.0. The maximum absolute atomic E-state index is 13.7. The Kier molecular flexibility index (Phi) is 9.26. The summed E-state index contributed by atoms with van der Waals surface area (Å²) >= 11 is 0. The molecule has 0 atom stereocenters. The Hall–Kier alpha value is -5.24. The summed E-state index contributed by atoms with van der Waals surface area (Å²) in [5.74, 6) is 0.207. The van der Waals surface area contributed by atoms with E-state index in [4.69, 9.17) is 23.4 Å². The fourth-order valence-corrected chi connectivity index (χ4v) is 4.52. The van der Waals surface area contributed by atoms with E-state index in [1.165, 1.54) is 6.07 Å². The van der Waals surface area contributed by atoms with Crippen molar-refractivity contribution >= 4 is 16.9 Å². The van der Waals surface area contributed by atoms with Crippen molar-refractivity contribution in [3.8, 4) is 34.3 Å². The van der Waals surface area contributed by atoms with E-state index in [0.29, 0.717) is 17.7 Å². The van der Waals surface area contributed by atoms with Gasteiger partial charge in [-0.05, 0) is 60.4 Å². The summed E-state index contributed by atoms with van der Waals surface area (Å²) in [7, 11) is 0. The summed E-state index contributed by atoms with van der Waals surface area (Å²) in [5.41, 5.74) is 2.70. The number of esters is 1. The second kappa shape index (κ2) is 13.6. The van der Waals surface area contributed by atoms with E-state index in [1.54, 1.807) is 31.2 Å². The highest BCUT2D eigenvalue weighted by molar-refractivity contribution is 5.87. The van der Waals surface area contributed by atoms with Gasteiger partial charge >= 0.3 is 5.97 Å². The predicted molar refractivity (Wildman–Crippen MR) is 162 cm³/mol. The van der Waals surface area contributed by atoms with Gasteiger partial charge < -0.3 is 28.5 Å². The second-order valence-corrected chi connectivity index (χ2v) is 9.99. The van der Waals surface area contributed by atoms with Crippen molar-refractivity contribution < 1.29 is 33.3 Å². The molecule has 43 heavy (non-hydrogen) atoms. The van der Waals surface area contributed by atoms with Gasteiger partial charge in [-0.15, -0.1) is 0 Å². The minimum Gasteiger partial charge on any atom is -0.507 e. The van der Waals surface area contributed by atoms with Gasteiger partial charge in [0.25, 0.3) is 0 Å². The Bertz CT molecular complexity index is 1760. The Balaban J connectivity index is 1.56. The van der Waals surface area contributed by atoms with Crippen molar-refractivity contribution in [1.29, 1.82) is 0 Å². The number of aromatic hydroxyl groups is 1. The van der Waals surface area contributed by atoms with Crippen LogP contribution in [0.25, 0.3) is 22.3 Å². The number of hydrogen-bond donors (Lipinski definition) is 1. The van der Waals surface area contributed by atoms with Crippen molar-refractivity contribution in [1.82, 2.24) is 0 Å². The van der Waals surface area contributed by atoms with Gasteiger partial charge in [0.1, 0.15) is 29.9 Å². The highest BCUT2D eigenvalue weighted by Gasteiger charge is 2.22. The Morgan fingerprint density at radius 2 is 1.49 bits per heavy atom. The summed E-state index contributed by atoms with van der Waals surface area (Å²) in [6.45, 7) is 3.74. The highest BCUT2D eigenvalue weighted by atomic mass is 16.7. The molecule has 0 fully saturated rings. The maximum atomic E-state index is 13.7. The molecule has 0 amide bonds. The van der Waals surface area contributed by atoms with Crippen LogP contribution >= 0.6 is 0 Å². The average molecular weight is 581 g/mol. The third-order valence-electron chi connectivity index (χ3n) is 6.63. The molecule has 0 saturated carbocycles. The van der Waals surface area contributed by atoms with Crippen LogP contribution in [0.15, 0.2) is 100 Å². The number of benzene rings is 4. The van der Waals surface area contributed by atoms with E-state index in [9.17, 15) is 14.7 Å². The van der Waals surface area contributed by atoms with Gasteiger partial charge in [0.2, 0.25) is 18.0 Å². The first-order chi connectivity index (χ1) is 20.9. The van der Waals surface area contributed by atoms with Gasteiger partial charge in [0.15, 0.2) is 17.3 Å². The fourth-order valence-electron chi connectivity index (χ4n) is 4.52. The average Bonchev–Trinajstić information content (AvgIpc) is 3.00. The molecule has 0 radical (unpaired) electrons. The monoisotopic (exact) mass is 580 g/mol. The number of fused-ring (bicyclic) bond motifs is 1. The third-order valence-corrected chi connectivity index (χ3v) is 6.63.